The van der Waals surface area contributed by atoms with Crippen molar-refractivity contribution in [1.82, 2.24) is 0 Å². The summed E-state index contributed by atoms with van der Waals surface area (Å²) in [6.07, 6.45) is 0. The van der Waals surface area contributed by atoms with Gasteiger partial charge in [-0.25, -0.2) is 8.42 Å². The van der Waals surface area contributed by atoms with Crippen molar-refractivity contribution >= 4 is 21.4 Å². The summed E-state index contributed by atoms with van der Waals surface area (Å²) in [5, 5.41) is 1.55. The van der Waals surface area contributed by atoms with Crippen molar-refractivity contribution in [2.24, 2.45) is 0 Å². The second kappa shape index (κ2) is 6.96. The molecular weight excluding hydrogens is 310 g/mol. The summed E-state index contributed by atoms with van der Waals surface area (Å²) in [5.74, 6) is -0.648. The fraction of sp³-hybridized carbons (Fsp3) is 0.278. The molecule has 5 heteroatoms. The molecule has 23 heavy (non-hydrogen) atoms. The zero-order valence-electron chi connectivity index (χ0n) is 13.5. The van der Waals surface area contributed by atoms with E-state index in [2.05, 4.69) is 5.32 Å². The average Bonchev–Trinajstić information content (AvgIpc) is 2.51. The number of aryl methyl sites for hydroxylation is 2. The molecule has 0 radical (unpaired) electrons. The van der Waals surface area contributed by atoms with Crippen LogP contribution in [0.15, 0.2) is 48.5 Å². The number of benzene rings is 2. The van der Waals surface area contributed by atoms with Gasteiger partial charge in [0.05, 0.1) is 5.75 Å². The minimum Gasteiger partial charge on any atom is -0.325 e. The summed E-state index contributed by atoms with van der Waals surface area (Å²) in [4.78, 5) is 12.2. The minimum absolute atomic E-state index is 0.137. The van der Waals surface area contributed by atoms with Gasteiger partial charge in [0.15, 0.2) is 9.84 Å². The molecule has 1 N–H and O–H groups in total. The van der Waals surface area contributed by atoms with E-state index in [4.69, 9.17) is 0 Å². The molecule has 0 spiro atoms. The highest BCUT2D eigenvalue weighted by atomic mass is 32.2. The third kappa shape index (κ3) is 4.42. The van der Waals surface area contributed by atoms with Crippen molar-refractivity contribution in [2.45, 2.75) is 31.8 Å². The maximum Gasteiger partial charge on any atom is 0.242 e. The first-order valence-corrected chi connectivity index (χ1v) is 9.15. The normalized spacial score (nSPS) is 12.7. The van der Waals surface area contributed by atoms with E-state index in [0.29, 0.717) is 5.69 Å². The first kappa shape index (κ1) is 17.2. The molecule has 2 rings (SSSR count). The first-order valence-electron chi connectivity index (χ1n) is 7.43. The molecule has 0 unspecified atom stereocenters. The van der Waals surface area contributed by atoms with Crippen molar-refractivity contribution < 1.29 is 13.2 Å². The van der Waals surface area contributed by atoms with Gasteiger partial charge in [0.2, 0.25) is 5.91 Å². The Hall–Kier alpha value is -2.14. The SMILES string of the molecule is Cc1ccc(NC(=O)[C@@H](C)S(=O)(=O)Cc2ccccc2C)cc1. The Kier molecular flexibility index (Phi) is 5.21. The van der Waals surface area contributed by atoms with Gasteiger partial charge in [-0.2, -0.15) is 0 Å². The molecule has 2 aromatic rings. The Morgan fingerprint density at radius 1 is 1.04 bits per heavy atom. The molecule has 122 valence electrons. The summed E-state index contributed by atoms with van der Waals surface area (Å²) in [7, 11) is -3.58. The molecular formula is C18H21NO3S. The third-order valence-corrected chi connectivity index (χ3v) is 5.85. The van der Waals surface area contributed by atoms with Crippen LogP contribution >= 0.6 is 0 Å². The smallest absolute Gasteiger partial charge is 0.242 e. The summed E-state index contributed by atoms with van der Waals surface area (Å²) in [6.45, 7) is 5.24. The molecule has 0 aromatic heterocycles. The van der Waals surface area contributed by atoms with Crippen LogP contribution in [0.25, 0.3) is 0 Å². The van der Waals surface area contributed by atoms with Crippen molar-refractivity contribution in [1.29, 1.82) is 0 Å². The molecule has 0 aliphatic rings. The predicted molar refractivity (Wildman–Crippen MR) is 93.1 cm³/mol. The topological polar surface area (TPSA) is 63.2 Å². The number of anilines is 1. The fourth-order valence-corrected chi connectivity index (χ4v) is 3.55. The van der Waals surface area contributed by atoms with Gasteiger partial charge in [-0.3, -0.25) is 4.79 Å². The number of amides is 1. The van der Waals surface area contributed by atoms with Gasteiger partial charge >= 0.3 is 0 Å². The van der Waals surface area contributed by atoms with E-state index in [1.54, 1.807) is 24.3 Å². The van der Waals surface area contributed by atoms with Crippen LogP contribution in [0.3, 0.4) is 0 Å². The molecule has 0 aliphatic heterocycles. The van der Waals surface area contributed by atoms with Crippen molar-refractivity contribution in [3.8, 4) is 0 Å². The summed E-state index contributed by atoms with van der Waals surface area (Å²) >= 11 is 0. The predicted octanol–water partition coefficient (Wildman–Crippen LogP) is 3.25. The van der Waals surface area contributed by atoms with Crippen molar-refractivity contribution in [2.75, 3.05) is 5.32 Å². The lowest BCUT2D eigenvalue weighted by molar-refractivity contribution is -0.115. The molecule has 0 bridgehead atoms. The van der Waals surface area contributed by atoms with E-state index < -0.39 is 21.0 Å². The molecule has 1 amide bonds. The Labute approximate surface area is 137 Å². The average molecular weight is 331 g/mol. The van der Waals surface area contributed by atoms with Crippen LogP contribution in [0.5, 0.6) is 0 Å². The molecule has 4 nitrogen and oxygen atoms in total. The molecule has 1 atom stereocenters. The highest BCUT2D eigenvalue weighted by Gasteiger charge is 2.28. The third-order valence-electron chi connectivity index (χ3n) is 3.84. The van der Waals surface area contributed by atoms with Crippen LogP contribution in [0, 0.1) is 13.8 Å². The first-order chi connectivity index (χ1) is 10.8. The van der Waals surface area contributed by atoms with Crippen LogP contribution in [0.1, 0.15) is 23.6 Å². The number of hydrogen-bond acceptors (Lipinski definition) is 3. The van der Waals surface area contributed by atoms with Crippen molar-refractivity contribution in [3.63, 3.8) is 0 Å². The number of hydrogen-bond donors (Lipinski definition) is 1. The van der Waals surface area contributed by atoms with E-state index >= 15 is 0 Å². The molecule has 0 fully saturated rings. The lowest BCUT2D eigenvalue weighted by atomic mass is 10.1. The van der Waals surface area contributed by atoms with Crippen LogP contribution in [-0.2, 0) is 20.4 Å². The highest BCUT2D eigenvalue weighted by molar-refractivity contribution is 7.92. The number of nitrogens with one attached hydrogen (secondary N) is 1. The monoisotopic (exact) mass is 331 g/mol. The maximum absolute atomic E-state index is 12.5. The molecule has 0 heterocycles. The molecule has 2 aromatic carbocycles. The number of sulfone groups is 1. The summed E-state index contributed by atoms with van der Waals surface area (Å²) in [5.41, 5.74) is 3.30. The van der Waals surface area contributed by atoms with Gasteiger partial charge in [-0.1, -0.05) is 42.0 Å². The second-order valence-corrected chi connectivity index (χ2v) is 8.05. The molecule has 0 aliphatic carbocycles. The van der Waals surface area contributed by atoms with Gasteiger partial charge in [-0.05, 0) is 44.0 Å². The number of carbonyl (C=O) groups excluding carboxylic acids is 1. The number of carbonyl (C=O) groups is 1. The fourth-order valence-electron chi connectivity index (χ4n) is 2.16. The maximum atomic E-state index is 12.5. The van der Waals surface area contributed by atoms with E-state index in [-0.39, 0.29) is 5.75 Å². The van der Waals surface area contributed by atoms with E-state index in [9.17, 15) is 13.2 Å². The standard InChI is InChI=1S/C18H21NO3S/c1-13-8-10-17(11-9-13)19-18(20)15(3)23(21,22)12-16-7-5-4-6-14(16)2/h4-11,15H,12H2,1-3H3,(H,19,20)/t15-/m1/s1. The van der Waals surface area contributed by atoms with Gasteiger partial charge in [0.25, 0.3) is 0 Å². The van der Waals surface area contributed by atoms with E-state index in [1.807, 2.05) is 38.1 Å². The minimum atomic E-state index is -3.58. The largest absolute Gasteiger partial charge is 0.325 e. The Bertz CT molecular complexity index is 795. The van der Waals surface area contributed by atoms with Gasteiger partial charge in [-0.15, -0.1) is 0 Å². The Balaban J connectivity index is 2.11. The zero-order valence-corrected chi connectivity index (χ0v) is 14.4. The van der Waals surface area contributed by atoms with Gasteiger partial charge in [0, 0.05) is 5.69 Å². The van der Waals surface area contributed by atoms with E-state index in [1.165, 1.54) is 6.92 Å². The van der Waals surface area contributed by atoms with Crippen LogP contribution in [0.4, 0.5) is 5.69 Å². The Morgan fingerprint density at radius 3 is 2.26 bits per heavy atom. The summed E-state index contributed by atoms with van der Waals surface area (Å²) < 4.78 is 25.0. The Morgan fingerprint density at radius 2 is 1.65 bits per heavy atom. The molecule has 0 saturated heterocycles. The second-order valence-electron chi connectivity index (χ2n) is 5.73. The van der Waals surface area contributed by atoms with Crippen LogP contribution in [-0.4, -0.2) is 19.6 Å². The van der Waals surface area contributed by atoms with Crippen LogP contribution in [0.2, 0.25) is 0 Å². The lowest BCUT2D eigenvalue weighted by Crippen LogP contribution is -2.33. The van der Waals surface area contributed by atoms with Crippen molar-refractivity contribution in [3.05, 3.63) is 65.2 Å². The lowest BCUT2D eigenvalue weighted by Gasteiger charge is -2.14. The molecule has 0 saturated carbocycles. The van der Waals surface area contributed by atoms with Gasteiger partial charge < -0.3 is 5.32 Å². The summed E-state index contributed by atoms with van der Waals surface area (Å²) in [6, 6.07) is 14.5. The van der Waals surface area contributed by atoms with E-state index in [0.717, 1.165) is 16.7 Å². The quantitative estimate of drug-likeness (QED) is 0.915. The number of rotatable bonds is 5. The highest BCUT2D eigenvalue weighted by Crippen LogP contribution is 2.17. The van der Waals surface area contributed by atoms with Gasteiger partial charge in [0.1, 0.15) is 5.25 Å². The zero-order chi connectivity index (χ0) is 17.0. The van der Waals surface area contributed by atoms with Crippen LogP contribution < -0.4 is 5.32 Å².